The van der Waals surface area contributed by atoms with Crippen molar-refractivity contribution in [3.8, 4) is 11.3 Å². The van der Waals surface area contributed by atoms with E-state index in [0.717, 1.165) is 41.6 Å². The molecule has 192 valence electrons. The van der Waals surface area contributed by atoms with E-state index in [0.29, 0.717) is 25.3 Å². The van der Waals surface area contributed by atoms with Gasteiger partial charge in [-0.25, -0.2) is 9.78 Å². The molecule has 2 atom stereocenters. The van der Waals surface area contributed by atoms with Crippen molar-refractivity contribution in [3.05, 3.63) is 46.5 Å². The number of hydrogen-bond donors (Lipinski definition) is 2. The Labute approximate surface area is 206 Å². The molecule has 9 nitrogen and oxygen atoms in total. The van der Waals surface area contributed by atoms with Crippen molar-refractivity contribution in [3.63, 3.8) is 0 Å². The van der Waals surface area contributed by atoms with E-state index in [9.17, 15) is 18.0 Å². The molecule has 0 saturated carbocycles. The van der Waals surface area contributed by atoms with Crippen LogP contribution < -0.4 is 11.1 Å². The van der Waals surface area contributed by atoms with Crippen LogP contribution >= 0.6 is 0 Å². The minimum atomic E-state index is -4.60. The van der Waals surface area contributed by atoms with Crippen LogP contribution in [0.25, 0.3) is 11.3 Å². The second-order valence-corrected chi connectivity index (χ2v) is 9.87. The molecule has 1 spiro atoms. The van der Waals surface area contributed by atoms with Crippen LogP contribution in [0.3, 0.4) is 0 Å². The summed E-state index contributed by atoms with van der Waals surface area (Å²) in [5.74, 6) is -0.558. The Morgan fingerprint density at radius 2 is 1.92 bits per heavy atom. The molecule has 12 heteroatoms. The number of nitrogens with zero attached hydrogens (tertiary/aromatic N) is 6. The van der Waals surface area contributed by atoms with Crippen LogP contribution in [0.2, 0.25) is 0 Å². The summed E-state index contributed by atoms with van der Waals surface area (Å²) >= 11 is 0. The number of rotatable bonds is 3. The Balaban J connectivity index is 1.34. The molecule has 1 fully saturated rings. The first-order valence-corrected chi connectivity index (χ1v) is 11.9. The third-order valence-electron chi connectivity index (χ3n) is 7.62. The number of likely N-dealkylation sites (tertiary alicyclic amines) is 1. The Hall–Kier alpha value is -3.57. The third-order valence-corrected chi connectivity index (χ3v) is 7.62. The van der Waals surface area contributed by atoms with E-state index in [1.807, 2.05) is 48.1 Å². The van der Waals surface area contributed by atoms with Crippen molar-refractivity contribution < 1.29 is 18.0 Å². The van der Waals surface area contributed by atoms with Crippen LogP contribution in [-0.4, -0.2) is 48.6 Å². The number of aromatic nitrogens is 5. The maximum atomic E-state index is 13.3. The van der Waals surface area contributed by atoms with Gasteiger partial charge >= 0.3 is 12.2 Å². The first-order valence-electron chi connectivity index (χ1n) is 11.9. The van der Waals surface area contributed by atoms with Crippen LogP contribution in [-0.2, 0) is 25.2 Å². The summed E-state index contributed by atoms with van der Waals surface area (Å²) in [6, 6.07) is 2.49. The van der Waals surface area contributed by atoms with Gasteiger partial charge in [0, 0.05) is 60.8 Å². The van der Waals surface area contributed by atoms with Crippen LogP contribution in [0.1, 0.15) is 54.0 Å². The van der Waals surface area contributed by atoms with Crippen molar-refractivity contribution >= 4 is 11.8 Å². The highest BCUT2D eigenvalue weighted by Crippen LogP contribution is 2.44. The maximum absolute atomic E-state index is 13.3. The summed E-state index contributed by atoms with van der Waals surface area (Å²) < 4.78 is 43.6. The number of anilines is 1. The predicted molar refractivity (Wildman–Crippen MR) is 127 cm³/mol. The second-order valence-electron chi connectivity index (χ2n) is 9.87. The van der Waals surface area contributed by atoms with E-state index in [1.54, 1.807) is 0 Å². The first kappa shape index (κ1) is 24.1. The lowest BCUT2D eigenvalue weighted by molar-refractivity contribution is -0.137. The average Bonchev–Trinajstić information content (AvgIpc) is 3.54. The summed E-state index contributed by atoms with van der Waals surface area (Å²) in [5.41, 5.74) is 8.72. The molecule has 0 aromatic carbocycles. The molecular formula is C24H29F3N8O. The van der Waals surface area contributed by atoms with Crippen molar-refractivity contribution in [2.24, 2.45) is 7.05 Å². The zero-order valence-electron chi connectivity index (χ0n) is 20.6. The molecule has 5 heterocycles. The summed E-state index contributed by atoms with van der Waals surface area (Å²) in [5, 5.41) is 12.1. The monoisotopic (exact) mass is 502 g/mol. The number of carbonyl (C=O) groups is 1. The molecule has 5 rings (SSSR count). The normalized spacial score (nSPS) is 20.2. The standard InChI is InChI=1S/C24H29F3N8O/c1-13(20-14(2)31-33(4)15(20)3)30-22(36)34-7-5-23(12-34)6-8-35-19(23)10-18(32-35)16-9-17(24(25,26)27)21(28)29-11-16/h9-11,13H,5-8,12H2,1-4H3,(H2,28,29)(H,30,36)/t13?,23-/m1/s1. The van der Waals surface area contributed by atoms with Crippen molar-refractivity contribution in [1.82, 2.24) is 34.8 Å². The van der Waals surface area contributed by atoms with Crippen molar-refractivity contribution in [1.29, 1.82) is 0 Å². The molecule has 2 aliphatic heterocycles. The highest BCUT2D eigenvalue weighted by Gasteiger charge is 2.47. The fraction of sp³-hybridized carbons (Fsp3) is 0.500. The molecular weight excluding hydrogens is 473 g/mol. The van der Waals surface area contributed by atoms with E-state index >= 15 is 0 Å². The number of carbonyl (C=O) groups excluding carboxylic acids is 1. The molecule has 0 bridgehead atoms. The van der Waals surface area contributed by atoms with Crippen LogP contribution in [0.4, 0.5) is 23.8 Å². The molecule has 1 unspecified atom stereocenters. The second kappa shape index (κ2) is 8.24. The highest BCUT2D eigenvalue weighted by molar-refractivity contribution is 5.75. The molecule has 36 heavy (non-hydrogen) atoms. The van der Waals surface area contributed by atoms with Gasteiger partial charge in [0.1, 0.15) is 5.82 Å². The van der Waals surface area contributed by atoms with Crippen LogP contribution in [0.5, 0.6) is 0 Å². The van der Waals surface area contributed by atoms with Crippen molar-refractivity contribution in [2.45, 2.75) is 57.8 Å². The summed E-state index contributed by atoms with van der Waals surface area (Å²) in [6.45, 7) is 7.62. The van der Waals surface area contributed by atoms with Gasteiger partial charge in [-0.3, -0.25) is 9.36 Å². The zero-order valence-corrected chi connectivity index (χ0v) is 20.6. The number of nitrogens with one attached hydrogen (secondary N) is 1. The predicted octanol–water partition coefficient (Wildman–Crippen LogP) is 3.71. The van der Waals surface area contributed by atoms with Gasteiger partial charge in [-0.2, -0.15) is 23.4 Å². The van der Waals surface area contributed by atoms with Gasteiger partial charge < -0.3 is 16.0 Å². The minimum absolute atomic E-state index is 0.141. The lowest BCUT2D eigenvalue weighted by Crippen LogP contribution is -2.41. The number of nitrogen functional groups attached to an aromatic ring is 1. The molecule has 0 radical (unpaired) electrons. The number of nitrogens with two attached hydrogens (primary N) is 1. The fourth-order valence-corrected chi connectivity index (χ4v) is 5.67. The first-order chi connectivity index (χ1) is 16.9. The number of amides is 2. The Morgan fingerprint density at radius 3 is 2.58 bits per heavy atom. The van der Waals surface area contributed by atoms with E-state index in [2.05, 4.69) is 20.5 Å². The van der Waals surface area contributed by atoms with Gasteiger partial charge in [0.15, 0.2) is 0 Å². The number of hydrogen-bond acceptors (Lipinski definition) is 5. The highest BCUT2D eigenvalue weighted by atomic mass is 19.4. The van der Waals surface area contributed by atoms with E-state index in [-0.39, 0.29) is 23.1 Å². The number of fused-ring (bicyclic) bond motifs is 2. The molecule has 3 aromatic heterocycles. The zero-order chi connectivity index (χ0) is 26.0. The molecule has 0 aliphatic carbocycles. The third kappa shape index (κ3) is 3.88. The van der Waals surface area contributed by atoms with Crippen LogP contribution in [0, 0.1) is 13.8 Å². The number of aryl methyl sites for hydroxylation is 3. The minimum Gasteiger partial charge on any atom is -0.383 e. The molecule has 3 aromatic rings. The lowest BCUT2D eigenvalue weighted by atomic mass is 9.82. The quantitative estimate of drug-likeness (QED) is 0.568. The summed E-state index contributed by atoms with van der Waals surface area (Å²) in [7, 11) is 1.88. The lowest BCUT2D eigenvalue weighted by Gasteiger charge is -2.25. The number of halogens is 3. The SMILES string of the molecule is Cc1nn(C)c(C)c1C(C)NC(=O)N1CC[C@@]2(CCn3nc(-c4cnc(N)c(C(F)(F)F)c4)cc32)C1. The molecule has 2 amide bonds. The van der Waals surface area contributed by atoms with E-state index < -0.39 is 17.6 Å². The van der Waals surface area contributed by atoms with Gasteiger partial charge in [0.25, 0.3) is 0 Å². The van der Waals surface area contributed by atoms with Gasteiger partial charge in [-0.1, -0.05) is 0 Å². The number of pyridine rings is 1. The van der Waals surface area contributed by atoms with Gasteiger partial charge in [0.2, 0.25) is 0 Å². The fourth-order valence-electron chi connectivity index (χ4n) is 5.67. The van der Waals surface area contributed by atoms with Gasteiger partial charge in [-0.15, -0.1) is 0 Å². The molecule has 2 aliphatic rings. The number of urea groups is 1. The molecule has 1 saturated heterocycles. The number of alkyl halides is 3. The topological polar surface area (TPSA) is 107 Å². The summed E-state index contributed by atoms with van der Waals surface area (Å²) in [4.78, 5) is 18.7. The van der Waals surface area contributed by atoms with Gasteiger partial charge in [-0.05, 0) is 45.7 Å². The smallest absolute Gasteiger partial charge is 0.383 e. The van der Waals surface area contributed by atoms with Gasteiger partial charge in [0.05, 0.1) is 23.0 Å². The van der Waals surface area contributed by atoms with E-state index in [4.69, 9.17) is 5.73 Å². The Morgan fingerprint density at radius 1 is 1.19 bits per heavy atom. The Bertz CT molecular complexity index is 1340. The average molecular weight is 503 g/mol. The summed E-state index contributed by atoms with van der Waals surface area (Å²) in [6.07, 6.45) is -1.70. The molecule has 3 N–H and O–H groups in total. The maximum Gasteiger partial charge on any atom is 0.419 e. The Kier molecular flexibility index (Phi) is 5.53. The van der Waals surface area contributed by atoms with Crippen molar-refractivity contribution in [2.75, 3.05) is 18.8 Å². The van der Waals surface area contributed by atoms with E-state index in [1.165, 1.54) is 6.20 Å². The largest absolute Gasteiger partial charge is 0.419 e. The van der Waals surface area contributed by atoms with Crippen LogP contribution in [0.15, 0.2) is 18.3 Å².